The number of methoxy groups -OCH3 is 1. The van der Waals surface area contributed by atoms with Crippen molar-refractivity contribution in [2.45, 2.75) is 12.5 Å². The van der Waals surface area contributed by atoms with E-state index in [9.17, 15) is 9.18 Å². The van der Waals surface area contributed by atoms with Gasteiger partial charge in [0.05, 0.1) is 6.61 Å². The van der Waals surface area contributed by atoms with E-state index in [1.165, 1.54) is 31.4 Å². The van der Waals surface area contributed by atoms with Crippen LogP contribution in [0.4, 0.5) is 4.39 Å². The Labute approximate surface area is 157 Å². The zero-order valence-electron chi connectivity index (χ0n) is 14.3. The van der Waals surface area contributed by atoms with Gasteiger partial charge in [-0.3, -0.25) is 0 Å². The lowest BCUT2D eigenvalue weighted by atomic mass is 10.1. The van der Waals surface area contributed by atoms with Gasteiger partial charge < -0.3 is 19.5 Å². The molecule has 0 aliphatic carbocycles. The summed E-state index contributed by atoms with van der Waals surface area (Å²) in [5.74, 6) is -0.467. The maximum Gasteiger partial charge on any atom is 0.329 e. The second-order valence-electron chi connectivity index (χ2n) is 5.39. The highest BCUT2D eigenvalue weighted by molar-refractivity contribution is 7.80. The fourth-order valence-corrected chi connectivity index (χ4v) is 2.39. The second-order valence-corrected chi connectivity index (χ2v) is 5.76. The Morgan fingerprint density at radius 1 is 1.12 bits per heavy atom. The molecule has 0 aliphatic rings. The lowest BCUT2D eigenvalue weighted by molar-refractivity contribution is -0.147. The molecule has 1 N–H and O–H groups in total. The molecule has 0 fully saturated rings. The molecule has 0 aliphatic heterocycles. The monoisotopic (exact) mass is 377 g/mol. The molecule has 1 unspecified atom stereocenters. The molecular formula is C19H20FNO4S. The Hall–Kier alpha value is -2.51. The first-order chi connectivity index (χ1) is 12.6. The molecule has 0 saturated carbocycles. The molecule has 26 heavy (non-hydrogen) atoms. The van der Waals surface area contributed by atoms with Crippen molar-refractivity contribution in [1.29, 1.82) is 0 Å². The number of rotatable bonds is 8. The smallest absolute Gasteiger partial charge is 0.329 e. The van der Waals surface area contributed by atoms with Crippen LogP contribution in [-0.4, -0.2) is 37.5 Å². The summed E-state index contributed by atoms with van der Waals surface area (Å²) in [6.45, 7) is 0.453. The predicted molar refractivity (Wildman–Crippen MR) is 99.5 cm³/mol. The molecule has 0 aromatic heterocycles. The molecule has 2 aromatic carbocycles. The molecule has 2 aromatic rings. The van der Waals surface area contributed by atoms with Gasteiger partial charge in [-0.25, -0.2) is 9.18 Å². The molecule has 0 amide bonds. The van der Waals surface area contributed by atoms with Gasteiger partial charge in [-0.15, -0.1) is 0 Å². The first-order valence-electron chi connectivity index (χ1n) is 8.02. The minimum absolute atomic E-state index is 0.00114. The molecule has 2 rings (SSSR count). The van der Waals surface area contributed by atoms with Gasteiger partial charge in [-0.1, -0.05) is 30.3 Å². The van der Waals surface area contributed by atoms with Crippen molar-refractivity contribution < 1.29 is 23.4 Å². The minimum Gasteiger partial charge on any atom is -0.462 e. The zero-order valence-corrected chi connectivity index (χ0v) is 15.1. The number of hydrogen-bond donors (Lipinski definition) is 1. The maximum atomic E-state index is 13.0. The number of thiocarbonyl (C=S) groups is 1. The van der Waals surface area contributed by atoms with Crippen molar-refractivity contribution >= 4 is 23.4 Å². The van der Waals surface area contributed by atoms with Crippen LogP contribution in [0.15, 0.2) is 54.6 Å². The van der Waals surface area contributed by atoms with E-state index in [0.29, 0.717) is 18.8 Å². The SMILES string of the molecule is COCCOC(=O)C(Cc1ccccc1)NC(=S)Oc1ccc(F)cc1. The van der Waals surface area contributed by atoms with E-state index in [2.05, 4.69) is 5.32 Å². The number of halogens is 1. The van der Waals surface area contributed by atoms with Crippen LogP contribution in [0.5, 0.6) is 5.75 Å². The number of carbonyl (C=O) groups is 1. The van der Waals surface area contributed by atoms with Crippen molar-refractivity contribution in [3.05, 3.63) is 66.0 Å². The number of ether oxygens (including phenoxy) is 3. The molecule has 0 saturated heterocycles. The molecule has 0 bridgehead atoms. The van der Waals surface area contributed by atoms with E-state index < -0.39 is 12.0 Å². The lowest BCUT2D eigenvalue weighted by Gasteiger charge is -2.19. The van der Waals surface area contributed by atoms with Gasteiger partial charge in [0.25, 0.3) is 5.17 Å². The van der Waals surface area contributed by atoms with Crippen LogP contribution in [0.25, 0.3) is 0 Å². The molecule has 0 heterocycles. The molecule has 7 heteroatoms. The zero-order chi connectivity index (χ0) is 18.8. The van der Waals surface area contributed by atoms with Crippen molar-refractivity contribution in [2.75, 3.05) is 20.3 Å². The van der Waals surface area contributed by atoms with E-state index in [-0.39, 0.29) is 17.6 Å². The Kier molecular flexibility index (Phi) is 7.98. The second kappa shape index (κ2) is 10.5. The summed E-state index contributed by atoms with van der Waals surface area (Å²) in [5.41, 5.74) is 0.943. The van der Waals surface area contributed by atoms with Crippen LogP contribution in [0.2, 0.25) is 0 Å². The predicted octanol–water partition coefficient (Wildman–Crippen LogP) is 2.88. The Balaban J connectivity index is 2.00. The average molecular weight is 377 g/mol. The molecule has 1 atom stereocenters. The van der Waals surface area contributed by atoms with Crippen molar-refractivity contribution in [3.63, 3.8) is 0 Å². The third-order valence-electron chi connectivity index (χ3n) is 3.42. The number of esters is 1. The Bertz CT molecular complexity index is 709. The van der Waals surface area contributed by atoms with Crippen LogP contribution in [0.3, 0.4) is 0 Å². The van der Waals surface area contributed by atoms with Crippen molar-refractivity contribution in [1.82, 2.24) is 5.32 Å². The highest BCUT2D eigenvalue weighted by Crippen LogP contribution is 2.12. The summed E-state index contributed by atoms with van der Waals surface area (Å²) in [5, 5.41) is 2.86. The number of carbonyl (C=O) groups excluding carboxylic acids is 1. The Morgan fingerprint density at radius 2 is 1.81 bits per heavy atom. The average Bonchev–Trinajstić information content (AvgIpc) is 2.64. The highest BCUT2D eigenvalue weighted by atomic mass is 32.1. The van der Waals surface area contributed by atoms with Gasteiger partial charge in [0, 0.05) is 13.5 Å². The fourth-order valence-electron chi connectivity index (χ4n) is 2.15. The van der Waals surface area contributed by atoms with E-state index in [4.69, 9.17) is 26.4 Å². The standard InChI is InChI=1S/C19H20FNO4S/c1-23-11-12-24-18(22)17(13-14-5-3-2-4-6-14)21-19(26)25-16-9-7-15(20)8-10-16/h2-10,17H,11-13H2,1H3,(H,21,26). The summed E-state index contributed by atoms with van der Waals surface area (Å²) in [7, 11) is 1.53. The molecule has 0 spiro atoms. The maximum absolute atomic E-state index is 13.0. The lowest BCUT2D eigenvalue weighted by Crippen LogP contribution is -2.44. The third kappa shape index (κ3) is 6.78. The van der Waals surface area contributed by atoms with Crippen LogP contribution in [0.1, 0.15) is 5.56 Å². The normalized spacial score (nSPS) is 11.5. The van der Waals surface area contributed by atoms with Gasteiger partial charge in [-0.05, 0) is 42.0 Å². The van der Waals surface area contributed by atoms with Gasteiger partial charge in [0.15, 0.2) is 0 Å². The first kappa shape index (κ1) is 19.8. The molecule has 138 valence electrons. The minimum atomic E-state index is -0.720. The fraction of sp³-hybridized carbons (Fsp3) is 0.263. The summed E-state index contributed by atoms with van der Waals surface area (Å²) in [4.78, 5) is 12.3. The van der Waals surface area contributed by atoms with Gasteiger partial charge in [0.1, 0.15) is 24.2 Å². The van der Waals surface area contributed by atoms with E-state index >= 15 is 0 Å². The topological polar surface area (TPSA) is 56.8 Å². The molecule has 0 radical (unpaired) electrons. The van der Waals surface area contributed by atoms with Crippen LogP contribution in [0, 0.1) is 5.82 Å². The third-order valence-corrected chi connectivity index (χ3v) is 3.62. The van der Waals surface area contributed by atoms with E-state index in [1.807, 2.05) is 30.3 Å². The Morgan fingerprint density at radius 3 is 2.46 bits per heavy atom. The van der Waals surface area contributed by atoms with Gasteiger partial charge in [0.2, 0.25) is 0 Å². The van der Waals surface area contributed by atoms with E-state index in [0.717, 1.165) is 5.56 Å². The molecule has 5 nitrogen and oxygen atoms in total. The van der Waals surface area contributed by atoms with Crippen molar-refractivity contribution in [3.8, 4) is 5.75 Å². The summed E-state index contributed by atoms with van der Waals surface area (Å²) >= 11 is 5.16. The van der Waals surface area contributed by atoms with E-state index in [1.54, 1.807) is 0 Å². The summed E-state index contributed by atoms with van der Waals surface area (Å²) in [6, 6.07) is 14.2. The van der Waals surface area contributed by atoms with Crippen LogP contribution >= 0.6 is 12.2 Å². The number of hydrogen-bond acceptors (Lipinski definition) is 5. The number of benzene rings is 2. The van der Waals surface area contributed by atoms with Gasteiger partial charge >= 0.3 is 5.97 Å². The van der Waals surface area contributed by atoms with Crippen LogP contribution < -0.4 is 10.1 Å². The quantitative estimate of drug-likeness (QED) is 0.434. The first-order valence-corrected chi connectivity index (χ1v) is 8.42. The largest absolute Gasteiger partial charge is 0.462 e. The van der Waals surface area contributed by atoms with Gasteiger partial charge in [-0.2, -0.15) is 0 Å². The van der Waals surface area contributed by atoms with Crippen LogP contribution in [-0.2, 0) is 20.7 Å². The number of nitrogens with one attached hydrogen (secondary N) is 1. The summed E-state index contributed by atoms with van der Waals surface area (Å²) in [6.07, 6.45) is 0.375. The highest BCUT2D eigenvalue weighted by Gasteiger charge is 2.22. The summed E-state index contributed by atoms with van der Waals surface area (Å²) < 4.78 is 28.5. The molecular weight excluding hydrogens is 357 g/mol. The van der Waals surface area contributed by atoms with Crippen molar-refractivity contribution in [2.24, 2.45) is 0 Å².